The number of unbranched alkanes of at least 4 members (excludes halogenated alkanes) is 1. The molecule has 1 aliphatic heterocycles. The van der Waals surface area contributed by atoms with Gasteiger partial charge in [0.25, 0.3) is 5.69 Å². The molecule has 4 rings (SSSR count). The second-order valence-corrected chi connectivity index (χ2v) is 10.3. The number of fused-ring (bicyclic) bond motifs is 1. The first kappa shape index (κ1) is 26.6. The van der Waals surface area contributed by atoms with Crippen LogP contribution in [-0.2, 0) is 16.0 Å². The molecule has 7 nitrogen and oxygen atoms in total. The van der Waals surface area contributed by atoms with Crippen molar-refractivity contribution < 1.29 is 14.5 Å². The Hall–Kier alpha value is -3.49. The quantitative estimate of drug-likeness (QED) is 0.187. The SMILES string of the molecule is CCCCN(CC(=O)N1CCc2sccc2C1c1ccc(Cl)cc1)C(=O)C=Cc1ccc([N+](=O)[O-])cc1. The van der Waals surface area contributed by atoms with Crippen LogP contribution in [0, 0.1) is 10.1 Å². The normalized spacial score (nSPS) is 15.0. The average molecular weight is 538 g/mol. The predicted octanol–water partition coefficient (Wildman–Crippen LogP) is 6.13. The molecule has 192 valence electrons. The van der Waals surface area contributed by atoms with E-state index < -0.39 is 4.92 Å². The average Bonchev–Trinajstić information content (AvgIpc) is 3.39. The van der Waals surface area contributed by atoms with Gasteiger partial charge in [0.1, 0.15) is 6.54 Å². The maximum atomic E-state index is 13.7. The molecule has 0 aliphatic carbocycles. The van der Waals surface area contributed by atoms with Crippen molar-refractivity contribution in [3.05, 3.63) is 103 Å². The summed E-state index contributed by atoms with van der Waals surface area (Å²) in [7, 11) is 0. The second kappa shape index (κ2) is 12.2. The van der Waals surface area contributed by atoms with E-state index in [-0.39, 0.29) is 30.1 Å². The molecule has 0 fully saturated rings. The Bertz CT molecular complexity index is 1290. The van der Waals surface area contributed by atoms with E-state index >= 15 is 0 Å². The minimum absolute atomic E-state index is 0.0100. The van der Waals surface area contributed by atoms with Crippen LogP contribution >= 0.6 is 22.9 Å². The van der Waals surface area contributed by atoms with Gasteiger partial charge in [0, 0.05) is 41.2 Å². The highest BCUT2D eigenvalue weighted by molar-refractivity contribution is 7.10. The number of rotatable bonds is 9. The van der Waals surface area contributed by atoms with Crippen LogP contribution in [0.1, 0.15) is 47.4 Å². The number of nitro benzene ring substituents is 1. The molecule has 2 heterocycles. The van der Waals surface area contributed by atoms with Crippen molar-refractivity contribution in [3.63, 3.8) is 0 Å². The van der Waals surface area contributed by atoms with Crippen molar-refractivity contribution in [2.45, 2.75) is 32.2 Å². The lowest BCUT2D eigenvalue weighted by Gasteiger charge is -2.37. The molecule has 2 aromatic carbocycles. The van der Waals surface area contributed by atoms with Crippen molar-refractivity contribution in [3.8, 4) is 0 Å². The molecular formula is C28H28ClN3O4S. The van der Waals surface area contributed by atoms with E-state index in [0.717, 1.165) is 30.4 Å². The van der Waals surface area contributed by atoms with E-state index in [4.69, 9.17) is 11.6 Å². The third-order valence-corrected chi connectivity index (χ3v) is 7.66. The van der Waals surface area contributed by atoms with Crippen molar-refractivity contribution in [2.75, 3.05) is 19.6 Å². The van der Waals surface area contributed by atoms with E-state index in [1.165, 1.54) is 23.1 Å². The molecule has 37 heavy (non-hydrogen) atoms. The lowest BCUT2D eigenvalue weighted by atomic mass is 9.93. The van der Waals surface area contributed by atoms with Crippen molar-refractivity contribution in [1.82, 2.24) is 9.80 Å². The number of amides is 2. The largest absolute Gasteiger partial charge is 0.330 e. The van der Waals surface area contributed by atoms with Gasteiger partial charge < -0.3 is 9.80 Å². The molecule has 0 saturated carbocycles. The number of nitro groups is 1. The molecule has 1 aliphatic rings. The summed E-state index contributed by atoms with van der Waals surface area (Å²) in [4.78, 5) is 41.9. The lowest BCUT2D eigenvalue weighted by Crippen LogP contribution is -2.46. The van der Waals surface area contributed by atoms with Crippen LogP contribution in [0.15, 0.2) is 66.1 Å². The van der Waals surface area contributed by atoms with E-state index in [1.54, 1.807) is 34.4 Å². The molecule has 1 atom stereocenters. The van der Waals surface area contributed by atoms with E-state index in [1.807, 2.05) is 36.1 Å². The Labute approximate surface area is 225 Å². The van der Waals surface area contributed by atoms with Crippen molar-refractivity contribution in [2.24, 2.45) is 0 Å². The molecule has 1 aromatic heterocycles. The molecule has 0 bridgehead atoms. The third kappa shape index (κ3) is 6.45. The van der Waals surface area contributed by atoms with E-state index in [0.29, 0.717) is 23.7 Å². The molecule has 2 amide bonds. The molecule has 3 aromatic rings. The zero-order valence-corrected chi connectivity index (χ0v) is 22.1. The monoisotopic (exact) mass is 537 g/mol. The third-order valence-electron chi connectivity index (χ3n) is 6.41. The number of thiophene rings is 1. The summed E-state index contributed by atoms with van der Waals surface area (Å²) in [5.74, 6) is -0.374. The van der Waals surface area contributed by atoms with Crippen molar-refractivity contribution >= 4 is 46.5 Å². The van der Waals surface area contributed by atoms with Gasteiger partial charge in [0.15, 0.2) is 0 Å². The molecule has 0 radical (unpaired) electrons. The molecule has 0 saturated heterocycles. The summed E-state index contributed by atoms with van der Waals surface area (Å²) in [6, 6.07) is 15.4. The van der Waals surface area contributed by atoms with Crippen LogP contribution in [-0.4, -0.2) is 46.2 Å². The minimum Gasteiger partial charge on any atom is -0.330 e. The number of nitrogens with zero attached hydrogens (tertiary/aromatic N) is 3. The van der Waals surface area contributed by atoms with Crippen LogP contribution in [0.3, 0.4) is 0 Å². The number of carbonyl (C=O) groups excluding carboxylic acids is 2. The van der Waals surface area contributed by atoms with Crippen molar-refractivity contribution in [1.29, 1.82) is 0 Å². The van der Waals surface area contributed by atoms with Crippen LogP contribution in [0.4, 0.5) is 5.69 Å². The number of carbonyl (C=O) groups is 2. The highest BCUT2D eigenvalue weighted by Gasteiger charge is 2.33. The van der Waals surface area contributed by atoms with Gasteiger partial charge in [-0.1, -0.05) is 37.1 Å². The fourth-order valence-electron chi connectivity index (χ4n) is 4.44. The van der Waals surface area contributed by atoms with Gasteiger partial charge in [-0.05, 0) is 71.3 Å². The molecule has 1 unspecified atom stereocenters. The summed E-state index contributed by atoms with van der Waals surface area (Å²) >= 11 is 7.82. The summed E-state index contributed by atoms with van der Waals surface area (Å²) in [5.41, 5.74) is 2.77. The summed E-state index contributed by atoms with van der Waals surface area (Å²) < 4.78 is 0. The van der Waals surface area contributed by atoms with Crippen LogP contribution in [0.25, 0.3) is 6.08 Å². The van der Waals surface area contributed by atoms with Gasteiger partial charge in [-0.3, -0.25) is 19.7 Å². The summed E-state index contributed by atoms with van der Waals surface area (Å²) in [5, 5.41) is 13.6. The van der Waals surface area contributed by atoms with E-state index in [9.17, 15) is 19.7 Å². The zero-order chi connectivity index (χ0) is 26.4. The van der Waals surface area contributed by atoms with Gasteiger partial charge in [-0.15, -0.1) is 11.3 Å². The Morgan fingerprint density at radius 2 is 1.89 bits per heavy atom. The number of hydrogen-bond acceptors (Lipinski definition) is 5. The minimum atomic E-state index is -0.465. The van der Waals surface area contributed by atoms with Crippen LogP contribution < -0.4 is 0 Å². The Morgan fingerprint density at radius 3 is 2.57 bits per heavy atom. The Balaban J connectivity index is 1.52. The van der Waals surface area contributed by atoms with Gasteiger partial charge in [0.05, 0.1) is 11.0 Å². The molecular weight excluding hydrogens is 510 g/mol. The summed E-state index contributed by atoms with van der Waals surface area (Å²) in [6.45, 7) is 3.06. The predicted molar refractivity (Wildman–Crippen MR) is 147 cm³/mol. The van der Waals surface area contributed by atoms with Gasteiger partial charge in [-0.2, -0.15) is 0 Å². The fourth-order valence-corrected chi connectivity index (χ4v) is 5.47. The Morgan fingerprint density at radius 1 is 1.16 bits per heavy atom. The molecule has 0 N–H and O–H groups in total. The number of benzene rings is 2. The van der Waals surface area contributed by atoms with E-state index in [2.05, 4.69) is 11.4 Å². The highest BCUT2D eigenvalue weighted by atomic mass is 35.5. The molecule has 0 spiro atoms. The topological polar surface area (TPSA) is 83.8 Å². The highest BCUT2D eigenvalue weighted by Crippen LogP contribution is 2.38. The number of non-ortho nitro benzene ring substituents is 1. The standard InChI is InChI=1S/C28H28ClN3O4S/c1-2-3-16-30(26(33)13-6-20-4-11-23(12-5-20)32(35)36)19-27(34)31-17-14-25-24(15-18-37-25)28(31)21-7-9-22(29)10-8-21/h4-13,15,18,28H,2-3,14,16-17,19H2,1H3. The van der Waals surface area contributed by atoms with Crippen LogP contribution in [0.2, 0.25) is 5.02 Å². The fraction of sp³-hybridized carbons (Fsp3) is 0.286. The molecule has 9 heteroatoms. The lowest BCUT2D eigenvalue weighted by molar-refractivity contribution is -0.384. The number of hydrogen-bond donors (Lipinski definition) is 0. The summed E-state index contributed by atoms with van der Waals surface area (Å²) in [6.07, 6.45) is 5.49. The first-order chi connectivity index (χ1) is 17.9. The second-order valence-electron chi connectivity index (χ2n) is 8.89. The smallest absolute Gasteiger partial charge is 0.269 e. The first-order valence-corrected chi connectivity index (χ1v) is 13.5. The maximum absolute atomic E-state index is 13.7. The Kier molecular flexibility index (Phi) is 8.74. The zero-order valence-electron chi connectivity index (χ0n) is 20.5. The van der Waals surface area contributed by atoms with Crippen LogP contribution in [0.5, 0.6) is 0 Å². The van der Waals surface area contributed by atoms with Gasteiger partial charge in [-0.25, -0.2) is 0 Å². The van der Waals surface area contributed by atoms with Gasteiger partial charge >= 0.3 is 0 Å². The first-order valence-electron chi connectivity index (χ1n) is 12.2. The van der Waals surface area contributed by atoms with Gasteiger partial charge in [0.2, 0.25) is 11.8 Å². The maximum Gasteiger partial charge on any atom is 0.269 e. The number of halogens is 1.